The molecule has 8 nitrogen and oxygen atoms in total. The number of H-pyrrole nitrogens is 1. The fourth-order valence-electron chi connectivity index (χ4n) is 3.72. The van der Waals surface area contributed by atoms with Crippen LogP contribution in [0.1, 0.15) is 39.2 Å². The van der Waals surface area contributed by atoms with Crippen LogP contribution in [-0.2, 0) is 16.1 Å². The van der Waals surface area contributed by atoms with Gasteiger partial charge in [0.25, 0.3) is 0 Å². The molecule has 0 spiro atoms. The van der Waals surface area contributed by atoms with Crippen molar-refractivity contribution in [2.24, 2.45) is 0 Å². The third kappa shape index (κ3) is 5.14. The summed E-state index contributed by atoms with van der Waals surface area (Å²) >= 11 is 0. The fourth-order valence-corrected chi connectivity index (χ4v) is 3.72. The normalized spacial score (nSPS) is 15.4. The minimum absolute atomic E-state index is 0.109. The summed E-state index contributed by atoms with van der Waals surface area (Å²) in [6, 6.07) is 3.99. The molecule has 0 aromatic carbocycles. The maximum atomic E-state index is 12.2. The molecule has 4 heterocycles. The molecule has 31 heavy (non-hydrogen) atoms. The number of aromatic nitrogens is 3. The van der Waals surface area contributed by atoms with Gasteiger partial charge in [0, 0.05) is 54.4 Å². The zero-order valence-electron chi connectivity index (χ0n) is 18.2. The topological polar surface area (TPSA) is 106 Å². The van der Waals surface area contributed by atoms with Crippen LogP contribution in [0.2, 0.25) is 0 Å². The second kappa shape index (κ2) is 8.55. The number of hydrogen-bond acceptors (Lipinski definition) is 6. The molecule has 1 aliphatic rings. The van der Waals surface area contributed by atoms with Crippen LogP contribution >= 0.6 is 0 Å². The molecular weight excluding hydrogens is 394 g/mol. The van der Waals surface area contributed by atoms with Gasteiger partial charge in [-0.2, -0.15) is 0 Å². The minimum Gasteiger partial charge on any atom is -0.444 e. The Morgan fingerprint density at radius 3 is 2.71 bits per heavy atom. The van der Waals surface area contributed by atoms with Gasteiger partial charge in [0.1, 0.15) is 11.2 Å². The number of aromatic amines is 1. The monoisotopic (exact) mass is 423 g/mol. The molecule has 164 valence electrons. The van der Waals surface area contributed by atoms with Gasteiger partial charge in [0.15, 0.2) is 0 Å². The third-order valence-electron chi connectivity index (χ3n) is 5.24. The van der Waals surface area contributed by atoms with E-state index in [4.69, 9.17) is 15.2 Å². The Hall–Kier alpha value is -3.13. The SMILES string of the molecule is CC(C)(C)OC(=O)N1CCC(OCc2cnc3[nH]cc(-c4cncc(N)c4)c3c2)CC1. The van der Waals surface area contributed by atoms with Crippen LogP contribution in [-0.4, -0.2) is 50.7 Å². The number of pyridine rings is 2. The average Bonchev–Trinajstić information content (AvgIpc) is 3.15. The largest absolute Gasteiger partial charge is 0.444 e. The number of ether oxygens (including phenoxy) is 2. The maximum Gasteiger partial charge on any atom is 0.410 e. The fraction of sp³-hybridized carbons (Fsp3) is 0.435. The number of hydrogen-bond donors (Lipinski definition) is 2. The second-order valence-corrected chi connectivity index (χ2v) is 8.93. The number of nitrogens with one attached hydrogen (secondary N) is 1. The Morgan fingerprint density at radius 1 is 1.23 bits per heavy atom. The van der Waals surface area contributed by atoms with E-state index in [9.17, 15) is 4.79 Å². The van der Waals surface area contributed by atoms with Crippen molar-refractivity contribution in [3.05, 3.63) is 42.5 Å². The van der Waals surface area contributed by atoms with Crippen LogP contribution in [0, 0.1) is 0 Å². The third-order valence-corrected chi connectivity index (χ3v) is 5.24. The van der Waals surface area contributed by atoms with Crippen LogP contribution in [0.15, 0.2) is 36.9 Å². The molecule has 0 bridgehead atoms. The lowest BCUT2D eigenvalue weighted by Crippen LogP contribution is -2.43. The lowest BCUT2D eigenvalue weighted by Gasteiger charge is -2.33. The van der Waals surface area contributed by atoms with Crippen molar-refractivity contribution in [1.29, 1.82) is 0 Å². The standard InChI is InChI=1S/C23H29N5O3/c1-23(2,3)31-22(29)28-6-4-18(5-7-28)30-14-15-8-19-20(13-27-21(19)26-10-15)16-9-17(24)12-25-11-16/h8-13,18H,4-7,14,24H2,1-3H3,(H,26,27). The molecule has 1 aliphatic heterocycles. The molecule has 0 atom stereocenters. The van der Waals surface area contributed by atoms with Crippen LogP contribution in [0.4, 0.5) is 10.5 Å². The summed E-state index contributed by atoms with van der Waals surface area (Å²) in [5.74, 6) is 0. The van der Waals surface area contributed by atoms with E-state index in [0.717, 1.165) is 40.6 Å². The highest BCUT2D eigenvalue weighted by molar-refractivity contribution is 5.94. The van der Waals surface area contributed by atoms with Crippen molar-refractivity contribution in [2.75, 3.05) is 18.8 Å². The summed E-state index contributed by atoms with van der Waals surface area (Å²) in [7, 11) is 0. The van der Waals surface area contributed by atoms with Crippen molar-refractivity contribution in [2.45, 2.75) is 51.9 Å². The van der Waals surface area contributed by atoms with Gasteiger partial charge in [0.05, 0.1) is 18.4 Å². The van der Waals surface area contributed by atoms with Crippen LogP contribution in [0.3, 0.4) is 0 Å². The molecule has 0 aliphatic carbocycles. The van der Waals surface area contributed by atoms with E-state index in [2.05, 4.69) is 21.0 Å². The van der Waals surface area contributed by atoms with Crippen LogP contribution in [0.5, 0.6) is 0 Å². The van der Waals surface area contributed by atoms with E-state index >= 15 is 0 Å². The minimum atomic E-state index is -0.477. The Balaban J connectivity index is 1.37. The van der Waals surface area contributed by atoms with Gasteiger partial charge in [-0.05, 0) is 51.3 Å². The smallest absolute Gasteiger partial charge is 0.410 e. The van der Waals surface area contributed by atoms with Crippen molar-refractivity contribution in [3.8, 4) is 11.1 Å². The first-order valence-corrected chi connectivity index (χ1v) is 10.5. The zero-order valence-corrected chi connectivity index (χ0v) is 18.2. The molecule has 4 rings (SSSR count). The number of nitrogens with two attached hydrogens (primary N) is 1. The number of anilines is 1. The van der Waals surface area contributed by atoms with E-state index in [1.54, 1.807) is 17.3 Å². The lowest BCUT2D eigenvalue weighted by molar-refractivity contribution is -0.0170. The van der Waals surface area contributed by atoms with Gasteiger partial charge in [-0.1, -0.05) is 0 Å². The van der Waals surface area contributed by atoms with Gasteiger partial charge in [-0.25, -0.2) is 9.78 Å². The summed E-state index contributed by atoms with van der Waals surface area (Å²) in [5.41, 5.74) is 9.80. The van der Waals surface area contributed by atoms with E-state index < -0.39 is 5.60 Å². The summed E-state index contributed by atoms with van der Waals surface area (Å²) in [6.45, 7) is 7.39. The summed E-state index contributed by atoms with van der Waals surface area (Å²) in [6.07, 6.45) is 8.61. The van der Waals surface area contributed by atoms with E-state index in [1.165, 1.54) is 0 Å². The van der Waals surface area contributed by atoms with Gasteiger partial charge in [-0.3, -0.25) is 4.98 Å². The second-order valence-electron chi connectivity index (χ2n) is 8.93. The first kappa shape index (κ1) is 21.1. The molecule has 1 amide bonds. The molecule has 3 aromatic rings. The number of fused-ring (bicyclic) bond motifs is 1. The van der Waals surface area contributed by atoms with Crippen LogP contribution < -0.4 is 5.73 Å². The number of likely N-dealkylation sites (tertiary alicyclic amines) is 1. The number of carbonyl (C=O) groups excluding carboxylic acids is 1. The number of amides is 1. The van der Waals surface area contributed by atoms with Gasteiger partial charge in [0.2, 0.25) is 0 Å². The van der Waals surface area contributed by atoms with E-state index in [-0.39, 0.29) is 12.2 Å². The van der Waals surface area contributed by atoms with E-state index in [1.807, 2.05) is 39.2 Å². The summed E-state index contributed by atoms with van der Waals surface area (Å²) in [5, 5.41) is 1.01. The number of rotatable bonds is 4. The van der Waals surface area contributed by atoms with Crippen LogP contribution in [0.25, 0.3) is 22.2 Å². The Bertz CT molecular complexity index is 1060. The molecule has 3 aromatic heterocycles. The highest BCUT2D eigenvalue weighted by atomic mass is 16.6. The first-order valence-electron chi connectivity index (χ1n) is 10.5. The highest BCUT2D eigenvalue weighted by Gasteiger charge is 2.27. The van der Waals surface area contributed by atoms with Crippen molar-refractivity contribution >= 4 is 22.8 Å². The summed E-state index contributed by atoms with van der Waals surface area (Å²) < 4.78 is 11.6. The van der Waals surface area contributed by atoms with Crippen molar-refractivity contribution in [1.82, 2.24) is 19.9 Å². The average molecular weight is 424 g/mol. The van der Waals surface area contributed by atoms with E-state index in [0.29, 0.717) is 25.4 Å². The van der Waals surface area contributed by atoms with Crippen molar-refractivity contribution < 1.29 is 14.3 Å². The summed E-state index contributed by atoms with van der Waals surface area (Å²) in [4.78, 5) is 25.9. The molecule has 8 heteroatoms. The molecule has 1 fully saturated rings. The predicted molar refractivity (Wildman–Crippen MR) is 119 cm³/mol. The molecule has 1 saturated heterocycles. The molecular formula is C23H29N5O3. The quantitative estimate of drug-likeness (QED) is 0.654. The van der Waals surface area contributed by atoms with Gasteiger partial charge >= 0.3 is 6.09 Å². The molecule has 3 N–H and O–H groups in total. The number of nitrogens with zero attached hydrogens (tertiary/aromatic N) is 3. The molecule has 0 unspecified atom stereocenters. The lowest BCUT2D eigenvalue weighted by atomic mass is 10.1. The zero-order chi connectivity index (χ0) is 22.0. The maximum absolute atomic E-state index is 12.2. The molecule has 0 radical (unpaired) electrons. The first-order chi connectivity index (χ1) is 14.8. The predicted octanol–water partition coefficient (Wildman–Crippen LogP) is 4.12. The number of nitrogen functional groups attached to an aromatic ring is 1. The Labute approximate surface area is 181 Å². The van der Waals surface area contributed by atoms with Gasteiger partial charge in [-0.15, -0.1) is 0 Å². The Morgan fingerprint density at radius 2 is 2.00 bits per heavy atom. The van der Waals surface area contributed by atoms with Gasteiger partial charge < -0.3 is 25.1 Å². The molecule has 0 saturated carbocycles. The Kier molecular flexibility index (Phi) is 5.82. The number of carbonyl (C=O) groups is 1. The highest BCUT2D eigenvalue weighted by Crippen LogP contribution is 2.29. The number of piperidine rings is 1. The van der Waals surface area contributed by atoms with Crippen molar-refractivity contribution in [3.63, 3.8) is 0 Å².